The van der Waals surface area contributed by atoms with Crippen molar-refractivity contribution in [3.63, 3.8) is 0 Å². The van der Waals surface area contributed by atoms with Gasteiger partial charge < -0.3 is 19.1 Å². The lowest BCUT2D eigenvalue weighted by atomic mass is 10.1. The fourth-order valence-corrected chi connectivity index (χ4v) is 2.14. The largest absolute Gasteiger partial charge is 0.489 e. The van der Waals surface area contributed by atoms with Crippen molar-refractivity contribution in [2.45, 2.75) is 6.61 Å². The zero-order chi connectivity index (χ0) is 15.5. The van der Waals surface area contributed by atoms with E-state index < -0.39 is 0 Å². The standard InChI is InChI=1S/C17H17NO4/c1-18(2)17(19)13-5-3-12(4-6-13)10-20-14-7-8-15-16(9-14)22-11-21-15/h3-9H,10-11H2,1-2H3. The van der Waals surface area contributed by atoms with Crippen molar-refractivity contribution in [1.82, 2.24) is 4.90 Å². The van der Waals surface area contributed by atoms with Crippen molar-refractivity contribution in [1.29, 1.82) is 0 Å². The maximum atomic E-state index is 11.8. The highest BCUT2D eigenvalue weighted by Crippen LogP contribution is 2.35. The summed E-state index contributed by atoms with van der Waals surface area (Å²) in [6.45, 7) is 0.677. The van der Waals surface area contributed by atoms with Gasteiger partial charge in [-0.3, -0.25) is 4.79 Å². The molecule has 1 aliphatic heterocycles. The van der Waals surface area contributed by atoms with Crippen LogP contribution in [-0.2, 0) is 6.61 Å². The van der Waals surface area contributed by atoms with E-state index in [1.165, 1.54) is 0 Å². The second kappa shape index (κ2) is 5.97. The quantitative estimate of drug-likeness (QED) is 0.871. The predicted molar refractivity (Wildman–Crippen MR) is 81.4 cm³/mol. The third-order valence-electron chi connectivity index (χ3n) is 3.36. The van der Waals surface area contributed by atoms with E-state index in [0.717, 1.165) is 17.1 Å². The first-order chi connectivity index (χ1) is 10.6. The van der Waals surface area contributed by atoms with E-state index in [9.17, 15) is 4.79 Å². The molecule has 2 aromatic rings. The van der Waals surface area contributed by atoms with Crippen LogP contribution < -0.4 is 14.2 Å². The van der Waals surface area contributed by atoms with Crippen LogP contribution in [0, 0.1) is 0 Å². The zero-order valence-electron chi connectivity index (χ0n) is 12.5. The van der Waals surface area contributed by atoms with Gasteiger partial charge in [0.2, 0.25) is 6.79 Å². The van der Waals surface area contributed by atoms with Crippen LogP contribution >= 0.6 is 0 Å². The zero-order valence-corrected chi connectivity index (χ0v) is 12.5. The molecule has 0 N–H and O–H groups in total. The van der Waals surface area contributed by atoms with E-state index in [1.54, 1.807) is 31.1 Å². The summed E-state index contributed by atoms with van der Waals surface area (Å²) in [4.78, 5) is 13.4. The Morgan fingerprint density at radius 1 is 1.09 bits per heavy atom. The van der Waals surface area contributed by atoms with E-state index in [2.05, 4.69) is 0 Å². The van der Waals surface area contributed by atoms with Gasteiger partial charge in [0.05, 0.1) is 0 Å². The second-order valence-corrected chi connectivity index (χ2v) is 5.20. The van der Waals surface area contributed by atoms with E-state index >= 15 is 0 Å². The number of benzene rings is 2. The first-order valence-electron chi connectivity index (χ1n) is 6.96. The van der Waals surface area contributed by atoms with E-state index in [1.807, 2.05) is 30.3 Å². The fourth-order valence-electron chi connectivity index (χ4n) is 2.14. The molecule has 5 heteroatoms. The van der Waals surface area contributed by atoms with Crippen LogP contribution in [0.4, 0.5) is 0 Å². The molecule has 2 aromatic carbocycles. The van der Waals surface area contributed by atoms with Crippen LogP contribution in [0.5, 0.6) is 17.2 Å². The molecule has 0 unspecified atom stereocenters. The normalized spacial score (nSPS) is 12.1. The number of nitrogens with zero attached hydrogens (tertiary/aromatic N) is 1. The topological polar surface area (TPSA) is 48.0 Å². The van der Waals surface area contributed by atoms with Gasteiger partial charge in [-0.1, -0.05) is 12.1 Å². The third-order valence-corrected chi connectivity index (χ3v) is 3.36. The van der Waals surface area contributed by atoms with Crippen molar-refractivity contribution in [3.8, 4) is 17.2 Å². The van der Waals surface area contributed by atoms with Gasteiger partial charge in [-0.05, 0) is 29.8 Å². The molecule has 22 heavy (non-hydrogen) atoms. The smallest absolute Gasteiger partial charge is 0.253 e. The number of hydrogen-bond donors (Lipinski definition) is 0. The van der Waals surface area contributed by atoms with Gasteiger partial charge >= 0.3 is 0 Å². The lowest BCUT2D eigenvalue weighted by Crippen LogP contribution is -2.21. The van der Waals surface area contributed by atoms with Crippen LogP contribution in [0.1, 0.15) is 15.9 Å². The summed E-state index contributed by atoms with van der Waals surface area (Å²) >= 11 is 0. The number of ether oxygens (including phenoxy) is 3. The van der Waals surface area contributed by atoms with Crippen molar-refractivity contribution in [2.24, 2.45) is 0 Å². The van der Waals surface area contributed by atoms with Crippen molar-refractivity contribution in [2.75, 3.05) is 20.9 Å². The minimum atomic E-state index is -0.0109. The Bertz CT molecular complexity index is 680. The summed E-state index contributed by atoms with van der Waals surface area (Å²) in [5.41, 5.74) is 1.66. The molecule has 1 aliphatic rings. The van der Waals surface area contributed by atoms with Crippen LogP contribution in [0.2, 0.25) is 0 Å². The number of rotatable bonds is 4. The summed E-state index contributed by atoms with van der Waals surface area (Å²) in [6, 6.07) is 12.9. The Morgan fingerprint density at radius 3 is 2.55 bits per heavy atom. The number of fused-ring (bicyclic) bond motifs is 1. The number of hydrogen-bond acceptors (Lipinski definition) is 4. The lowest BCUT2D eigenvalue weighted by Gasteiger charge is -2.11. The van der Waals surface area contributed by atoms with Gasteiger partial charge in [-0.15, -0.1) is 0 Å². The van der Waals surface area contributed by atoms with Crippen LogP contribution in [0.15, 0.2) is 42.5 Å². The second-order valence-electron chi connectivity index (χ2n) is 5.20. The Labute approximate surface area is 129 Å². The molecular weight excluding hydrogens is 282 g/mol. The number of amides is 1. The van der Waals surface area contributed by atoms with Crippen LogP contribution in [0.3, 0.4) is 0 Å². The molecule has 0 saturated carbocycles. The Balaban J connectivity index is 1.63. The highest BCUT2D eigenvalue weighted by Gasteiger charge is 2.13. The van der Waals surface area contributed by atoms with E-state index in [-0.39, 0.29) is 12.7 Å². The molecule has 0 atom stereocenters. The SMILES string of the molecule is CN(C)C(=O)c1ccc(COc2ccc3c(c2)OCO3)cc1. The van der Waals surface area contributed by atoms with Crippen LogP contribution in [-0.4, -0.2) is 31.7 Å². The van der Waals surface area contributed by atoms with Gasteiger partial charge in [-0.25, -0.2) is 0 Å². The average molecular weight is 299 g/mol. The molecule has 0 spiro atoms. The molecule has 0 bridgehead atoms. The molecule has 0 aliphatic carbocycles. The van der Waals surface area contributed by atoms with Crippen molar-refractivity contribution >= 4 is 5.91 Å². The Kier molecular flexibility index (Phi) is 3.87. The van der Waals surface area contributed by atoms with E-state index in [0.29, 0.717) is 17.9 Å². The van der Waals surface area contributed by atoms with Gasteiger partial charge in [0, 0.05) is 25.7 Å². The predicted octanol–water partition coefficient (Wildman–Crippen LogP) is 2.70. The summed E-state index contributed by atoms with van der Waals surface area (Å²) in [5, 5.41) is 0. The molecule has 0 radical (unpaired) electrons. The molecule has 0 aromatic heterocycles. The maximum Gasteiger partial charge on any atom is 0.253 e. The lowest BCUT2D eigenvalue weighted by molar-refractivity contribution is 0.0827. The molecular formula is C17H17NO4. The van der Waals surface area contributed by atoms with Crippen LogP contribution in [0.25, 0.3) is 0 Å². The molecule has 1 amide bonds. The number of carbonyl (C=O) groups excluding carboxylic acids is 1. The monoisotopic (exact) mass is 299 g/mol. The highest BCUT2D eigenvalue weighted by atomic mass is 16.7. The first kappa shape index (κ1) is 14.3. The number of carbonyl (C=O) groups is 1. The highest BCUT2D eigenvalue weighted by molar-refractivity contribution is 5.93. The van der Waals surface area contributed by atoms with Crippen molar-refractivity contribution in [3.05, 3.63) is 53.6 Å². The molecule has 5 nitrogen and oxygen atoms in total. The third kappa shape index (κ3) is 2.98. The minimum absolute atomic E-state index is 0.0109. The molecule has 3 rings (SSSR count). The molecule has 114 valence electrons. The summed E-state index contributed by atoms with van der Waals surface area (Å²) in [6.07, 6.45) is 0. The minimum Gasteiger partial charge on any atom is -0.489 e. The van der Waals surface area contributed by atoms with Gasteiger partial charge in [0.15, 0.2) is 11.5 Å². The Morgan fingerprint density at radius 2 is 1.82 bits per heavy atom. The molecule has 0 saturated heterocycles. The van der Waals surface area contributed by atoms with Gasteiger partial charge in [-0.2, -0.15) is 0 Å². The summed E-state index contributed by atoms with van der Waals surface area (Å²) in [5.74, 6) is 2.14. The maximum absolute atomic E-state index is 11.8. The van der Waals surface area contributed by atoms with Gasteiger partial charge in [0.25, 0.3) is 5.91 Å². The summed E-state index contributed by atoms with van der Waals surface area (Å²) in [7, 11) is 3.47. The summed E-state index contributed by atoms with van der Waals surface area (Å²) < 4.78 is 16.3. The van der Waals surface area contributed by atoms with Crippen molar-refractivity contribution < 1.29 is 19.0 Å². The van der Waals surface area contributed by atoms with Gasteiger partial charge in [0.1, 0.15) is 12.4 Å². The Hall–Kier alpha value is -2.69. The average Bonchev–Trinajstić information content (AvgIpc) is 3.00. The fraction of sp³-hybridized carbons (Fsp3) is 0.235. The first-order valence-corrected chi connectivity index (χ1v) is 6.96. The molecule has 1 heterocycles. The van der Waals surface area contributed by atoms with E-state index in [4.69, 9.17) is 14.2 Å². The molecule has 0 fully saturated rings.